The van der Waals surface area contributed by atoms with Crippen molar-refractivity contribution in [3.63, 3.8) is 0 Å². The standard InChI is InChI=1S/C18H15F3N2O2/c1-10-5-6-14-13(8-10)11(2)15(25-14)17(24)23-16(18(19,20)21)12-4-3-7-22-9-12/h3-9,16H,1-2H3,(H,23,24)/t16-/m0/s1. The van der Waals surface area contributed by atoms with Crippen LogP contribution in [0.1, 0.15) is 33.3 Å². The van der Waals surface area contributed by atoms with Crippen LogP contribution in [0.25, 0.3) is 11.0 Å². The lowest BCUT2D eigenvalue weighted by Crippen LogP contribution is -2.38. The molecule has 0 aliphatic rings. The molecular weight excluding hydrogens is 333 g/mol. The summed E-state index contributed by atoms with van der Waals surface area (Å²) in [4.78, 5) is 16.1. The van der Waals surface area contributed by atoms with Crippen LogP contribution in [0.4, 0.5) is 13.2 Å². The largest absolute Gasteiger partial charge is 0.451 e. The minimum absolute atomic E-state index is 0.126. The van der Waals surface area contributed by atoms with Gasteiger partial charge in [0.1, 0.15) is 5.58 Å². The first-order valence-electron chi connectivity index (χ1n) is 7.54. The Hall–Kier alpha value is -2.83. The summed E-state index contributed by atoms with van der Waals surface area (Å²) in [5.74, 6) is -1.05. The van der Waals surface area contributed by atoms with E-state index >= 15 is 0 Å². The van der Waals surface area contributed by atoms with Gasteiger partial charge in [0.05, 0.1) is 0 Å². The Labute approximate surface area is 141 Å². The molecule has 0 bridgehead atoms. The number of pyridine rings is 1. The number of hydrogen-bond acceptors (Lipinski definition) is 3. The van der Waals surface area contributed by atoms with Crippen LogP contribution < -0.4 is 5.32 Å². The number of carbonyl (C=O) groups excluding carboxylic acids is 1. The number of rotatable bonds is 3. The first-order chi connectivity index (χ1) is 11.8. The quantitative estimate of drug-likeness (QED) is 0.759. The number of furan rings is 1. The van der Waals surface area contributed by atoms with Gasteiger partial charge in [-0.2, -0.15) is 13.2 Å². The highest BCUT2D eigenvalue weighted by Crippen LogP contribution is 2.33. The number of aromatic nitrogens is 1. The Morgan fingerprint density at radius 3 is 2.64 bits per heavy atom. The van der Waals surface area contributed by atoms with E-state index in [0.29, 0.717) is 16.5 Å². The van der Waals surface area contributed by atoms with E-state index in [1.165, 1.54) is 18.3 Å². The molecule has 130 valence electrons. The Morgan fingerprint density at radius 1 is 1.24 bits per heavy atom. The maximum atomic E-state index is 13.4. The normalized spacial score (nSPS) is 13.0. The van der Waals surface area contributed by atoms with Crippen LogP contribution in [-0.4, -0.2) is 17.1 Å². The first-order valence-corrected chi connectivity index (χ1v) is 7.54. The van der Waals surface area contributed by atoms with Crippen molar-refractivity contribution in [1.82, 2.24) is 10.3 Å². The van der Waals surface area contributed by atoms with E-state index in [9.17, 15) is 18.0 Å². The van der Waals surface area contributed by atoms with Gasteiger partial charge in [0.15, 0.2) is 11.8 Å². The zero-order valence-corrected chi connectivity index (χ0v) is 13.5. The molecule has 25 heavy (non-hydrogen) atoms. The van der Waals surface area contributed by atoms with Gasteiger partial charge in [0, 0.05) is 28.9 Å². The van der Waals surface area contributed by atoms with Crippen LogP contribution in [-0.2, 0) is 0 Å². The summed E-state index contributed by atoms with van der Waals surface area (Å²) >= 11 is 0. The molecule has 0 aliphatic carbocycles. The van der Waals surface area contributed by atoms with Gasteiger partial charge in [0.2, 0.25) is 0 Å². The van der Waals surface area contributed by atoms with Crippen LogP contribution in [0.2, 0.25) is 0 Å². The van der Waals surface area contributed by atoms with E-state index in [0.717, 1.165) is 11.8 Å². The minimum atomic E-state index is -4.66. The molecule has 7 heteroatoms. The van der Waals surface area contributed by atoms with Gasteiger partial charge in [-0.25, -0.2) is 0 Å². The van der Waals surface area contributed by atoms with Crippen LogP contribution in [0, 0.1) is 13.8 Å². The summed E-state index contributed by atoms with van der Waals surface area (Å²) in [5, 5.41) is 2.71. The van der Waals surface area contributed by atoms with E-state index in [-0.39, 0.29) is 11.3 Å². The predicted octanol–water partition coefficient (Wildman–Crippen LogP) is 4.48. The highest BCUT2D eigenvalue weighted by atomic mass is 19.4. The summed E-state index contributed by atoms with van der Waals surface area (Å²) in [5.41, 5.74) is 1.78. The van der Waals surface area contributed by atoms with Crippen molar-refractivity contribution in [3.05, 3.63) is 65.2 Å². The number of alkyl halides is 3. The van der Waals surface area contributed by atoms with Crippen molar-refractivity contribution < 1.29 is 22.4 Å². The lowest BCUT2D eigenvalue weighted by molar-refractivity contribution is -0.155. The summed E-state index contributed by atoms with van der Waals surface area (Å²) in [7, 11) is 0. The third kappa shape index (κ3) is 3.35. The number of aryl methyl sites for hydroxylation is 2. The smallest absolute Gasteiger partial charge is 0.412 e. The van der Waals surface area contributed by atoms with Crippen LogP contribution >= 0.6 is 0 Å². The average Bonchev–Trinajstić information content (AvgIpc) is 2.89. The Kier molecular flexibility index (Phi) is 4.24. The fourth-order valence-corrected chi connectivity index (χ4v) is 2.65. The second-order valence-corrected chi connectivity index (χ2v) is 5.79. The Balaban J connectivity index is 1.96. The molecule has 0 fully saturated rings. The molecule has 3 aromatic rings. The van der Waals surface area contributed by atoms with Gasteiger partial charge in [-0.05, 0) is 32.0 Å². The zero-order chi connectivity index (χ0) is 18.2. The number of hydrogen-bond donors (Lipinski definition) is 1. The number of amides is 1. The average molecular weight is 348 g/mol. The van der Waals surface area contributed by atoms with E-state index in [1.54, 1.807) is 19.1 Å². The summed E-state index contributed by atoms with van der Waals surface area (Å²) in [6.07, 6.45) is -2.22. The minimum Gasteiger partial charge on any atom is -0.451 e. The maximum Gasteiger partial charge on any atom is 0.412 e. The van der Waals surface area contributed by atoms with Crippen molar-refractivity contribution in [3.8, 4) is 0 Å². The number of nitrogens with zero attached hydrogens (tertiary/aromatic N) is 1. The molecule has 3 rings (SSSR count). The molecule has 0 radical (unpaired) electrons. The number of nitrogens with one attached hydrogen (secondary N) is 1. The molecule has 0 saturated heterocycles. The van der Waals surface area contributed by atoms with Gasteiger partial charge in [-0.3, -0.25) is 9.78 Å². The molecule has 4 nitrogen and oxygen atoms in total. The number of halogens is 3. The molecule has 2 aromatic heterocycles. The molecule has 1 amide bonds. The topological polar surface area (TPSA) is 55.1 Å². The van der Waals surface area contributed by atoms with Crippen molar-refractivity contribution in [2.24, 2.45) is 0 Å². The third-order valence-electron chi connectivity index (χ3n) is 3.92. The fourth-order valence-electron chi connectivity index (χ4n) is 2.65. The van der Waals surface area contributed by atoms with Crippen molar-refractivity contribution in [2.45, 2.75) is 26.1 Å². The van der Waals surface area contributed by atoms with Crippen molar-refractivity contribution in [1.29, 1.82) is 0 Å². The molecule has 0 saturated carbocycles. The van der Waals surface area contributed by atoms with Crippen LogP contribution in [0.15, 0.2) is 47.1 Å². The first kappa shape index (κ1) is 17.0. The molecule has 2 heterocycles. The molecular formula is C18H15F3N2O2. The van der Waals surface area contributed by atoms with Gasteiger partial charge in [-0.1, -0.05) is 17.7 Å². The van der Waals surface area contributed by atoms with E-state index in [1.807, 2.05) is 18.3 Å². The fraction of sp³-hybridized carbons (Fsp3) is 0.222. The van der Waals surface area contributed by atoms with Gasteiger partial charge in [-0.15, -0.1) is 0 Å². The molecule has 1 N–H and O–H groups in total. The predicted molar refractivity (Wildman–Crippen MR) is 86.2 cm³/mol. The number of carbonyl (C=O) groups is 1. The Morgan fingerprint density at radius 2 is 2.00 bits per heavy atom. The third-order valence-corrected chi connectivity index (χ3v) is 3.92. The van der Waals surface area contributed by atoms with E-state index in [4.69, 9.17) is 4.42 Å². The lowest BCUT2D eigenvalue weighted by atomic mass is 10.1. The van der Waals surface area contributed by atoms with E-state index < -0.39 is 18.1 Å². The monoisotopic (exact) mass is 348 g/mol. The van der Waals surface area contributed by atoms with Gasteiger partial charge in [0.25, 0.3) is 5.91 Å². The summed E-state index contributed by atoms with van der Waals surface area (Å²) in [6, 6.07) is 5.81. The van der Waals surface area contributed by atoms with Crippen LogP contribution in [0.3, 0.4) is 0 Å². The van der Waals surface area contributed by atoms with Gasteiger partial charge >= 0.3 is 6.18 Å². The van der Waals surface area contributed by atoms with Crippen LogP contribution in [0.5, 0.6) is 0 Å². The lowest BCUT2D eigenvalue weighted by Gasteiger charge is -2.21. The van der Waals surface area contributed by atoms with Gasteiger partial charge < -0.3 is 9.73 Å². The highest BCUT2D eigenvalue weighted by molar-refractivity contribution is 5.99. The highest BCUT2D eigenvalue weighted by Gasteiger charge is 2.42. The molecule has 1 aromatic carbocycles. The molecule has 1 atom stereocenters. The SMILES string of the molecule is Cc1ccc2oc(C(=O)N[C@@H](c3cccnc3)C(F)(F)F)c(C)c2c1. The molecule has 0 spiro atoms. The molecule has 0 aliphatic heterocycles. The van der Waals surface area contributed by atoms with Crippen molar-refractivity contribution in [2.75, 3.05) is 0 Å². The summed E-state index contributed by atoms with van der Waals surface area (Å²) < 4.78 is 45.6. The maximum absolute atomic E-state index is 13.4. The second kappa shape index (κ2) is 6.23. The number of fused-ring (bicyclic) bond motifs is 1. The van der Waals surface area contributed by atoms with Crippen molar-refractivity contribution >= 4 is 16.9 Å². The van der Waals surface area contributed by atoms with E-state index in [2.05, 4.69) is 4.98 Å². The number of benzene rings is 1. The Bertz CT molecular complexity index is 917. The summed E-state index contributed by atoms with van der Waals surface area (Å²) in [6.45, 7) is 3.53. The zero-order valence-electron chi connectivity index (χ0n) is 13.5. The second-order valence-electron chi connectivity index (χ2n) is 5.79. The molecule has 0 unspecified atom stereocenters.